The van der Waals surface area contributed by atoms with Crippen LogP contribution in [0.25, 0.3) is 0 Å². The van der Waals surface area contributed by atoms with Crippen molar-refractivity contribution in [2.75, 3.05) is 20.1 Å². The van der Waals surface area contributed by atoms with Crippen LogP contribution in [0.2, 0.25) is 0 Å². The number of rotatable bonds is 8. The number of nitrogens with two attached hydrogens (primary N) is 1. The number of benzene rings is 1. The minimum Gasteiger partial charge on any atom is -0.368 e. The molecule has 0 heterocycles. The van der Waals surface area contributed by atoms with Gasteiger partial charge >= 0.3 is 0 Å². The predicted molar refractivity (Wildman–Crippen MR) is 118 cm³/mol. The molecule has 0 atom stereocenters. The topological polar surface area (TPSA) is 109 Å². The van der Waals surface area contributed by atoms with E-state index in [0.717, 1.165) is 18.1 Å². The van der Waals surface area contributed by atoms with E-state index in [-0.39, 0.29) is 36.4 Å². The van der Waals surface area contributed by atoms with E-state index in [0.29, 0.717) is 17.5 Å². The van der Waals surface area contributed by atoms with Crippen molar-refractivity contribution in [2.24, 2.45) is 16.1 Å². The Labute approximate surface area is 178 Å². The molecule has 150 valence electrons. The van der Waals surface area contributed by atoms with Gasteiger partial charge in [-0.1, -0.05) is 25.5 Å². The number of nitrogens with one attached hydrogen (secondary N) is 3. The summed E-state index contributed by atoms with van der Waals surface area (Å²) >= 11 is 0. The third-order valence-corrected chi connectivity index (χ3v) is 5.12. The van der Waals surface area contributed by atoms with Gasteiger partial charge in [-0.2, -0.15) is 0 Å². The van der Waals surface area contributed by atoms with E-state index in [4.69, 9.17) is 5.73 Å². The third-order valence-electron chi connectivity index (χ3n) is 5.12. The molecule has 2 amide bonds. The molecule has 0 radical (unpaired) electrons. The van der Waals surface area contributed by atoms with Crippen LogP contribution in [0.5, 0.6) is 0 Å². The van der Waals surface area contributed by atoms with Crippen molar-refractivity contribution < 1.29 is 9.59 Å². The lowest BCUT2D eigenvalue weighted by atomic mass is 9.67. The Kier molecular flexibility index (Phi) is 9.54. The van der Waals surface area contributed by atoms with Crippen LogP contribution in [0.3, 0.4) is 0 Å². The van der Waals surface area contributed by atoms with E-state index < -0.39 is 5.91 Å². The largest absolute Gasteiger partial charge is 0.368 e. The smallest absolute Gasteiger partial charge is 0.251 e. The van der Waals surface area contributed by atoms with Crippen molar-refractivity contribution in [1.82, 2.24) is 16.0 Å². The second-order valence-electron chi connectivity index (χ2n) is 6.83. The molecule has 0 unspecified atom stereocenters. The summed E-state index contributed by atoms with van der Waals surface area (Å²) in [4.78, 5) is 26.8. The molecular weight excluding hydrogens is 457 g/mol. The Morgan fingerprint density at radius 2 is 1.81 bits per heavy atom. The Morgan fingerprint density at radius 3 is 2.30 bits per heavy atom. The van der Waals surface area contributed by atoms with Crippen LogP contribution in [0.15, 0.2) is 29.3 Å². The zero-order valence-electron chi connectivity index (χ0n) is 16.0. The summed E-state index contributed by atoms with van der Waals surface area (Å²) in [7, 11) is 1.76. The summed E-state index contributed by atoms with van der Waals surface area (Å²) in [6.07, 6.45) is 5.08. The molecule has 0 bridgehead atoms. The van der Waals surface area contributed by atoms with Crippen molar-refractivity contribution in [3.8, 4) is 0 Å². The normalized spacial score (nSPS) is 15.1. The molecule has 2 rings (SSSR count). The van der Waals surface area contributed by atoms with E-state index >= 15 is 0 Å². The van der Waals surface area contributed by atoms with Crippen molar-refractivity contribution in [2.45, 2.75) is 39.2 Å². The van der Waals surface area contributed by atoms with Gasteiger partial charge in [-0.15, -0.1) is 24.0 Å². The van der Waals surface area contributed by atoms with Gasteiger partial charge in [0.1, 0.15) is 0 Å². The Bertz CT molecular complexity index is 651. The molecule has 1 saturated carbocycles. The van der Waals surface area contributed by atoms with Crippen LogP contribution < -0.4 is 21.7 Å². The Balaban J connectivity index is 0.00000364. The Morgan fingerprint density at radius 1 is 1.15 bits per heavy atom. The van der Waals surface area contributed by atoms with Gasteiger partial charge in [0.15, 0.2) is 5.96 Å². The fraction of sp³-hybridized carbons (Fsp3) is 0.526. The lowest BCUT2D eigenvalue weighted by molar-refractivity contribution is -0.117. The summed E-state index contributed by atoms with van der Waals surface area (Å²) < 4.78 is 0. The molecule has 1 aromatic carbocycles. The molecule has 27 heavy (non-hydrogen) atoms. The van der Waals surface area contributed by atoms with Gasteiger partial charge in [0.05, 0.1) is 6.54 Å². The van der Waals surface area contributed by atoms with Crippen molar-refractivity contribution >= 4 is 41.8 Å². The molecule has 1 aliphatic rings. The molecule has 1 fully saturated rings. The number of hydrogen-bond donors (Lipinski definition) is 4. The number of hydrogen-bond acceptors (Lipinski definition) is 3. The first-order valence-corrected chi connectivity index (χ1v) is 9.08. The van der Waals surface area contributed by atoms with E-state index in [2.05, 4.69) is 27.9 Å². The van der Waals surface area contributed by atoms with Crippen LogP contribution in [-0.2, 0) is 11.3 Å². The lowest BCUT2D eigenvalue weighted by Gasteiger charge is -2.41. The molecule has 1 aliphatic carbocycles. The number of carbonyl (C=O) groups excluding carboxylic acids is 2. The first kappa shape index (κ1) is 23.2. The zero-order valence-corrected chi connectivity index (χ0v) is 18.3. The standard InChI is InChI=1S/C19H29N5O2.HI/c1-3-19(9-4-10-19)13-24-18(21-2)23-11-14-5-7-15(8-6-14)17(26)22-12-16(20)25;/h5-8H,3-4,9-13H2,1-2H3,(H2,20,25)(H,22,26)(H2,21,23,24);1H. The summed E-state index contributed by atoms with van der Waals surface area (Å²) in [5.74, 6) is -0.0936. The number of amides is 2. The highest BCUT2D eigenvalue weighted by Crippen LogP contribution is 2.42. The fourth-order valence-electron chi connectivity index (χ4n) is 3.05. The summed E-state index contributed by atoms with van der Waals surface area (Å²) in [5.41, 5.74) is 6.97. The third kappa shape index (κ3) is 7.00. The minimum atomic E-state index is -0.565. The van der Waals surface area contributed by atoms with Gasteiger partial charge in [-0.05, 0) is 42.4 Å². The first-order valence-electron chi connectivity index (χ1n) is 9.08. The fourth-order valence-corrected chi connectivity index (χ4v) is 3.05. The average molecular weight is 487 g/mol. The molecule has 0 aliphatic heterocycles. The number of halogens is 1. The SMILES string of the molecule is CCC1(CNC(=NC)NCc2ccc(C(=O)NCC(N)=O)cc2)CCC1.I. The number of nitrogens with zero attached hydrogens (tertiary/aromatic N) is 1. The van der Waals surface area contributed by atoms with Gasteiger partial charge in [0, 0.05) is 25.7 Å². The van der Waals surface area contributed by atoms with Crippen molar-refractivity contribution in [1.29, 1.82) is 0 Å². The van der Waals surface area contributed by atoms with Gasteiger partial charge in [-0.25, -0.2) is 0 Å². The summed E-state index contributed by atoms with van der Waals surface area (Å²) in [6, 6.07) is 7.20. The molecule has 7 nitrogen and oxygen atoms in total. The van der Waals surface area contributed by atoms with E-state index in [1.807, 2.05) is 12.1 Å². The molecule has 8 heteroatoms. The lowest BCUT2D eigenvalue weighted by Crippen LogP contribution is -2.46. The summed E-state index contributed by atoms with van der Waals surface area (Å²) in [5, 5.41) is 9.18. The monoisotopic (exact) mass is 487 g/mol. The molecule has 5 N–H and O–H groups in total. The second-order valence-corrected chi connectivity index (χ2v) is 6.83. The molecule has 0 aromatic heterocycles. The average Bonchev–Trinajstić information content (AvgIpc) is 2.62. The quantitative estimate of drug-likeness (QED) is 0.255. The number of carbonyl (C=O) groups is 2. The number of guanidine groups is 1. The van der Waals surface area contributed by atoms with Crippen LogP contribution in [0, 0.1) is 5.41 Å². The zero-order chi connectivity index (χ0) is 19.0. The highest BCUT2D eigenvalue weighted by atomic mass is 127. The molecule has 0 spiro atoms. The van der Waals surface area contributed by atoms with E-state index in [9.17, 15) is 9.59 Å². The van der Waals surface area contributed by atoms with Crippen molar-refractivity contribution in [3.05, 3.63) is 35.4 Å². The predicted octanol–water partition coefficient (Wildman–Crippen LogP) is 1.76. The molecule has 0 saturated heterocycles. The van der Waals surface area contributed by atoms with Gasteiger partial charge in [0.25, 0.3) is 5.91 Å². The highest BCUT2D eigenvalue weighted by molar-refractivity contribution is 14.0. The van der Waals surface area contributed by atoms with Crippen LogP contribution in [0.1, 0.15) is 48.5 Å². The first-order chi connectivity index (χ1) is 12.5. The number of primary amides is 1. The molecular formula is C19H30IN5O2. The van der Waals surface area contributed by atoms with Gasteiger partial charge in [-0.3, -0.25) is 14.6 Å². The number of aliphatic imine (C=N–C) groups is 1. The maximum Gasteiger partial charge on any atom is 0.251 e. The highest BCUT2D eigenvalue weighted by Gasteiger charge is 2.34. The van der Waals surface area contributed by atoms with Crippen LogP contribution >= 0.6 is 24.0 Å². The second kappa shape index (κ2) is 11.1. The summed E-state index contributed by atoms with van der Waals surface area (Å²) in [6.45, 7) is 3.64. The van der Waals surface area contributed by atoms with Crippen molar-refractivity contribution in [3.63, 3.8) is 0 Å². The maximum atomic E-state index is 11.9. The molecule has 1 aromatic rings. The van der Waals surface area contributed by atoms with Gasteiger partial charge < -0.3 is 21.7 Å². The Hall–Kier alpha value is -1.84. The van der Waals surface area contributed by atoms with Crippen LogP contribution in [-0.4, -0.2) is 37.9 Å². The van der Waals surface area contributed by atoms with E-state index in [1.165, 1.54) is 25.7 Å². The minimum absolute atomic E-state index is 0. The van der Waals surface area contributed by atoms with E-state index in [1.54, 1.807) is 19.2 Å². The van der Waals surface area contributed by atoms with Crippen LogP contribution in [0.4, 0.5) is 0 Å². The van der Waals surface area contributed by atoms with Gasteiger partial charge in [0.2, 0.25) is 5.91 Å². The maximum absolute atomic E-state index is 11.9.